The number of halogens is 1. The number of pyridine rings is 1. The Balaban J connectivity index is 3.30. The van der Waals surface area contributed by atoms with Crippen molar-refractivity contribution >= 4 is 22.1 Å². The van der Waals surface area contributed by atoms with Gasteiger partial charge in [0.25, 0.3) is 0 Å². The van der Waals surface area contributed by atoms with Crippen molar-refractivity contribution < 1.29 is 9.50 Å². The molecule has 0 spiro atoms. The van der Waals surface area contributed by atoms with Crippen LogP contribution in [0.25, 0.3) is 0 Å². The van der Waals surface area contributed by atoms with E-state index in [0.717, 1.165) is 3.71 Å². The standard InChI is InChI=1S/C8H9FNO.3CH3.Sn/c1-8(2,11)7-6(9)4-3-5-10-7;;;;/h3-4,11H,1-2H3;3*1H3;. The Labute approximate surface area is 94.4 Å². The summed E-state index contributed by atoms with van der Waals surface area (Å²) in [4.78, 5) is 10.9. The first-order valence-corrected chi connectivity index (χ1v) is 15.0. The van der Waals surface area contributed by atoms with Gasteiger partial charge in [-0.1, -0.05) is 0 Å². The van der Waals surface area contributed by atoms with Crippen molar-refractivity contribution in [2.24, 2.45) is 0 Å². The van der Waals surface area contributed by atoms with Crippen LogP contribution in [0.4, 0.5) is 4.39 Å². The van der Waals surface area contributed by atoms with Gasteiger partial charge >= 0.3 is 94.5 Å². The van der Waals surface area contributed by atoms with Crippen molar-refractivity contribution in [1.29, 1.82) is 0 Å². The fourth-order valence-corrected chi connectivity index (χ4v) is 4.23. The molecular formula is C11H18FNOSn. The average molecular weight is 318 g/mol. The molecule has 0 aromatic carbocycles. The minimum atomic E-state index is -2.28. The Bertz CT molecular complexity index is 366. The Hall–Kier alpha value is -0.161. The van der Waals surface area contributed by atoms with Gasteiger partial charge in [0, 0.05) is 0 Å². The molecule has 1 aromatic rings. The monoisotopic (exact) mass is 319 g/mol. The summed E-state index contributed by atoms with van der Waals surface area (Å²) in [5.41, 5.74) is -1.05. The molecule has 0 radical (unpaired) electrons. The van der Waals surface area contributed by atoms with E-state index in [2.05, 4.69) is 19.8 Å². The molecule has 1 heterocycles. The molecule has 0 aliphatic rings. The van der Waals surface area contributed by atoms with Gasteiger partial charge < -0.3 is 0 Å². The van der Waals surface area contributed by atoms with E-state index in [1.165, 1.54) is 6.07 Å². The van der Waals surface area contributed by atoms with Gasteiger partial charge in [0.05, 0.1) is 0 Å². The van der Waals surface area contributed by atoms with Crippen molar-refractivity contribution in [3.63, 3.8) is 0 Å². The number of aliphatic hydroxyl groups is 1. The van der Waals surface area contributed by atoms with Gasteiger partial charge in [-0.05, 0) is 0 Å². The first-order valence-electron chi connectivity index (χ1n) is 5.02. The number of hydrogen-bond acceptors (Lipinski definition) is 2. The van der Waals surface area contributed by atoms with E-state index in [-0.39, 0.29) is 5.69 Å². The van der Waals surface area contributed by atoms with E-state index < -0.39 is 29.8 Å². The Kier molecular flexibility index (Phi) is 3.45. The molecule has 1 N–H and O–H groups in total. The molecule has 15 heavy (non-hydrogen) atoms. The van der Waals surface area contributed by atoms with Gasteiger partial charge in [0.2, 0.25) is 0 Å². The van der Waals surface area contributed by atoms with E-state index in [1.54, 1.807) is 19.9 Å². The Morgan fingerprint density at radius 2 is 1.80 bits per heavy atom. The maximum atomic E-state index is 13.5. The molecule has 1 rings (SSSR count). The zero-order valence-electron chi connectivity index (χ0n) is 9.93. The SMILES string of the molecule is CC(C)(O)c1n[c]([Sn]([CH3])([CH3])[CH3])ccc1F. The van der Waals surface area contributed by atoms with Crippen LogP contribution in [0.15, 0.2) is 12.1 Å². The van der Waals surface area contributed by atoms with Crippen LogP contribution in [0.3, 0.4) is 0 Å². The van der Waals surface area contributed by atoms with Crippen LogP contribution in [-0.4, -0.2) is 28.5 Å². The zero-order valence-corrected chi connectivity index (χ0v) is 12.8. The number of nitrogens with zero attached hydrogens (tertiary/aromatic N) is 1. The van der Waals surface area contributed by atoms with Crippen molar-refractivity contribution in [1.82, 2.24) is 4.98 Å². The van der Waals surface area contributed by atoms with Crippen LogP contribution >= 0.6 is 0 Å². The second-order valence-electron chi connectivity index (χ2n) is 5.34. The first kappa shape index (κ1) is 12.9. The van der Waals surface area contributed by atoms with Crippen molar-refractivity contribution in [3.05, 3.63) is 23.6 Å². The van der Waals surface area contributed by atoms with Gasteiger partial charge in [-0.25, -0.2) is 0 Å². The molecule has 0 saturated carbocycles. The molecule has 0 atom stereocenters. The third-order valence-electron chi connectivity index (χ3n) is 2.19. The van der Waals surface area contributed by atoms with Crippen LogP contribution in [0.5, 0.6) is 0 Å². The summed E-state index contributed by atoms with van der Waals surface area (Å²) in [6, 6.07) is 3.17. The van der Waals surface area contributed by atoms with Crippen molar-refractivity contribution in [2.75, 3.05) is 0 Å². The minimum absolute atomic E-state index is 0.159. The number of hydrogen-bond donors (Lipinski definition) is 1. The molecule has 2 nitrogen and oxygen atoms in total. The summed E-state index contributed by atoms with van der Waals surface area (Å²) in [6.07, 6.45) is 0. The van der Waals surface area contributed by atoms with E-state index in [1.807, 2.05) is 0 Å². The third kappa shape index (κ3) is 3.14. The molecule has 1 aromatic heterocycles. The average Bonchev–Trinajstić information content (AvgIpc) is 2.00. The summed E-state index contributed by atoms with van der Waals surface area (Å²) in [5, 5.41) is 9.78. The van der Waals surface area contributed by atoms with Crippen molar-refractivity contribution in [2.45, 2.75) is 34.3 Å². The maximum absolute atomic E-state index is 13.5. The van der Waals surface area contributed by atoms with Gasteiger partial charge in [-0.2, -0.15) is 0 Å². The van der Waals surface area contributed by atoms with E-state index in [0.29, 0.717) is 0 Å². The fourth-order valence-electron chi connectivity index (χ4n) is 1.29. The first-order chi connectivity index (χ1) is 6.62. The second kappa shape index (κ2) is 4.01. The summed E-state index contributed by atoms with van der Waals surface area (Å²) in [6.45, 7) is 3.11. The van der Waals surface area contributed by atoms with Crippen molar-refractivity contribution in [3.8, 4) is 0 Å². The van der Waals surface area contributed by atoms with E-state index in [9.17, 15) is 9.50 Å². The summed E-state index contributed by atoms with van der Waals surface area (Å²) < 4.78 is 14.4. The summed E-state index contributed by atoms with van der Waals surface area (Å²) >= 11 is -2.28. The normalized spacial score (nSPS) is 13.0. The van der Waals surface area contributed by atoms with Crippen LogP contribution in [0, 0.1) is 5.82 Å². The third-order valence-corrected chi connectivity index (χ3v) is 7.38. The molecule has 0 saturated heterocycles. The van der Waals surface area contributed by atoms with Gasteiger partial charge in [-0.15, -0.1) is 0 Å². The zero-order chi connectivity index (χ0) is 11.9. The Morgan fingerprint density at radius 1 is 1.27 bits per heavy atom. The molecule has 0 aliphatic heterocycles. The predicted octanol–water partition coefficient (Wildman–Crippen LogP) is 1.99. The van der Waals surface area contributed by atoms with Gasteiger partial charge in [0.1, 0.15) is 0 Å². The van der Waals surface area contributed by atoms with Gasteiger partial charge in [-0.3, -0.25) is 0 Å². The fraction of sp³-hybridized carbons (Fsp3) is 0.545. The molecular weight excluding hydrogens is 300 g/mol. The van der Waals surface area contributed by atoms with Crippen LogP contribution < -0.4 is 3.71 Å². The summed E-state index contributed by atoms with van der Waals surface area (Å²) in [7, 11) is 0. The topological polar surface area (TPSA) is 33.1 Å². The van der Waals surface area contributed by atoms with E-state index >= 15 is 0 Å². The van der Waals surface area contributed by atoms with Crippen LogP contribution in [-0.2, 0) is 5.60 Å². The molecule has 0 amide bonds. The Morgan fingerprint density at radius 3 is 2.20 bits per heavy atom. The molecule has 0 unspecified atom stereocenters. The number of aromatic nitrogens is 1. The molecule has 0 aliphatic carbocycles. The van der Waals surface area contributed by atoms with Gasteiger partial charge in [0.15, 0.2) is 0 Å². The molecule has 0 fully saturated rings. The van der Waals surface area contributed by atoms with E-state index in [4.69, 9.17) is 0 Å². The van der Waals surface area contributed by atoms with Crippen LogP contribution in [0.1, 0.15) is 19.5 Å². The molecule has 84 valence electrons. The molecule has 4 heteroatoms. The number of rotatable bonds is 2. The summed E-state index contributed by atoms with van der Waals surface area (Å²) in [5.74, 6) is -0.429. The second-order valence-corrected chi connectivity index (χ2v) is 19.6. The quantitative estimate of drug-likeness (QED) is 0.846. The molecule has 0 bridgehead atoms. The predicted molar refractivity (Wildman–Crippen MR) is 62.4 cm³/mol. The van der Waals surface area contributed by atoms with Crippen LogP contribution in [0.2, 0.25) is 14.8 Å².